The van der Waals surface area contributed by atoms with Crippen LogP contribution in [0.4, 0.5) is 17.2 Å². The molecule has 7 nitrogen and oxygen atoms in total. The lowest BCUT2D eigenvalue weighted by molar-refractivity contribution is -0.134. The van der Waals surface area contributed by atoms with Crippen LogP contribution in [0.3, 0.4) is 0 Å². The first-order chi connectivity index (χ1) is 14.1. The molecule has 31 heavy (non-hydrogen) atoms. The first kappa shape index (κ1) is 24.9. The number of likely N-dealkylation sites (N-methyl/N-ethyl adjacent to an activating group) is 1. The van der Waals surface area contributed by atoms with E-state index in [9.17, 15) is 9.59 Å². The van der Waals surface area contributed by atoms with E-state index in [0.717, 1.165) is 0 Å². The first-order valence-corrected chi connectivity index (χ1v) is 10.3. The smallest absolute Gasteiger partial charge is 0.275 e. The molecular weight excluding hydrogens is 439 g/mol. The van der Waals surface area contributed by atoms with Gasteiger partial charge in [0.25, 0.3) is 5.91 Å². The molecule has 2 N–H and O–H groups in total. The topological polar surface area (TPSA) is 83.6 Å². The van der Waals surface area contributed by atoms with Gasteiger partial charge in [-0.25, -0.2) is 0 Å². The fraction of sp³-hybridized carbons (Fsp3) is 0.409. The maximum absolute atomic E-state index is 13.5. The van der Waals surface area contributed by atoms with E-state index in [0.29, 0.717) is 28.6 Å². The van der Waals surface area contributed by atoms with Gasteiger partial charge in [-0.2, -0.15) is 4.98 Å². The summed E-state index contributed by atoms with van der Waals surface area (Å²) in [7, 11) is 1.71. The van der Waals surface area contributed by atoms with Crippen LogP contribution >= 0.6 is 24.0 Å². The summed E-state index contributed by atoms with van der Waals surface area (Å²) in [5, 5.41) is 6.18. The van der Waals surface area contributed by atoms with Crippen molar-refractivity contribution < 1.29 is 14.3 Å². The first-order valence-electron chi connectivity index (χ1n) is 9.93. The van der Waals surface area contributed by atoms with Crippen molar-refractivity contribution in [1.29, 1.82) is 0 Å². The van der Waals surface area contributed by atoms with E-state index in [2.05, 4.69) is 15.6 Å². The van der Waals surface area contributed by atoms with Crippen LogP contribution in [0.1, 0.15) is 34.1 Å². The lowest BCUT2D eigenvalue weighted by Crippen LogP contribution is -2.53. The molecule has 0 bridgehead atoms. The van der Waals surface area contributed by atoms with Crippen molar-refractivity contribution in [2.75, 3.05) is 17.3 Å². The van der Waals surface area contributed by atoms with Gasteiger partial charge in [-0.3, -0.25) is 14.5 Å². The number of hydrogen-bond acceptors (Lipinski definition) is 5. The number of hydrogen-bond donors (Lipinski definition) is 2. The number of amides is 2. The van der Waals surface area contributed by atoms with Gasteiger partial charge >= 0.3 is 0 Å². The molecule has 1 aromatic heterocycles. The molecule has 0 spiro atoms. The van der Waals surface area contributed by atoms with Crippen LogP contribution in [-0.2, 0) is 9.59 Å². The molecular formula is C22H28Cl2N4O3. The predicted molar refractivity (Wildman–Crippen MR) is 126 cm³/mol. The Kier molecular flexibility index (Phi) is 7.92. The molecule has 1 unspecified atom stereocenters. The molecule has 0 saturated heterocycles. The molecule has 3 rings (SSSR count). The standard InChI is InChI=1S/C22H27ClN4O3.ClH/c1-13(2)12-22(4)21(29)27(16-8-6-7-15(23)11-16)17-9-10-18(26-20(17)30-22)25-19(28)14(3)24-5;/h6-11,13-14,24H,12H2,1-5H3,(H,25,26,28);1H/t14?,22-;/m0./s1. The number of benzene rings is 1. The minimum atomic E-state index is -1.10. The average molecular weight is 467 g/mol. The molecule has 2 atom stereocenters. The molecule has 1 aliphatic rings. The Labute approximate surface area is 193 Å². The Morgan fingerprint density at radius 3 is 2.58 bits per heavy atom. The van der Waals surface area contributed by atoms with Crippen LogP contribution < -0.4 is 20.3 Å². The van der Waals surface area contributed by atoms with Crippen molar-refractivity contribution in [3.63, 3.8) is 0 Å². The second-order valence-corrected chi connectivity index (χ2v) is 8.51. The highest BCUT2D eigenvalue weighted by Crippen LogP contribution is 2.43. The minimum Gasteiger partial charge on any atom is -0.460 e. The van der Waals surface area contributed by atoms with Crippen molar-refractivity contribution in [2.45, 2.75) is 45.8 Å². The summed E-state index contributed by atoms with van der Waals surface area (Å²) >= 11 is 6.18. The lowest BCUT2D eigenvalue weighted by Gasteiger charge is -2.40. The molecule has 2 aromatic rings. The zero-order valence-electron chi connectivity index (χ0n) is 18.2. The Hall–Kier alpha value is -2.35. The number of anilines is 3. The average Bonchev–Trinajstić information content (AvgIpc) is 2.67. The quantitative estimate of drug-likeness (QED) is 0.651. The third kappa shape index (κ3) is 5.29. The van der Waals surface area contributed by atoms with Crippen LogP contribution in [-0.4, -0.2) is 35.5 Å². The number of fused-ring (bicyclic) bond motifs is 1. The Morgan fingerprint density at radius 1 is 1.26 bits per heavy atom. The number of rotatable bonds is 6. The van der Waals surface area contributed by atoms with Gasteiger partial charge in [0.1, 0.15) is 11.5 Å². The number of pyridine rings is 1. The van der Waals surface area contributed by atoms with Gasteiger partial charge in [-0.1, -0.05) is 31.5 Å². The van der Waals surface area contributed by atoms with E-state index in [-0.39, 0.29) is 42.1 Å². The number of halogens is 2. The van der Waals surface area contributed by atoms with Gasteiger partial charge in [0.15, 0.2) is 5.60 Å². The third-order valence-electron chi connectivity index (χ3n) is 5.00. The molecule has 1 aliphatic heterocycles. The number of nitrogens with zero attached hydrogens (tertiary/aromatic N) is 2. The molecule has 2 amide bonds. The summed E-state index contributed by atoms with van der Waals surface area (Å²) in [4.78, 5) is 31.8. The summed E-state index contributed by atoms with van der Waals surface area (Å²) in [6.07, 6.45) is 0.511. The molecule has 0 saturated carbocycles. The molecule has 9 heteroatoms. The van der Waals surface area contributed by atoms with E-state index >= 15 is 0 Å². The maximum Gasteiger partial charge on any atom is 0.275 e. The number of carbonyl (C=O) groups excluding carboxylic acids is 2. The maximum atomic E-state index is 13.5. The highest BCUT2D eigenvalue weighted by atomic mass is 35.5. The zero-order chi connectivity index (χ0) is 22.1. The zero-order valence-corrected chi connectivity index (χ0v) is 19.8. The van der Waals surface area contributed by atoms with Gasteiger partial charge in [0, 0.05) is 5.02 Å². The summed E-state index contributed by atoms with van der Waals surface area (Å²) in [5.74, 6) is 0.462. The van der Waals surface area contributed by atoms with E-state index in [1.165, 1.54) is 0 Å². The van der Waals surface area contributed by atoms with Crippen LogP contribution in [0.5, 0.6) is 5.88 Å². The van der Waals surface area contributed by atoms with E-state index in [4.69, 9.17) is 16.3 Å². The second-order valence-electron chi connectivity index (χ2n) is 8.07. The van der Waals surface area contributed by atoms with Crippen molar-refractivity contribution >= 4 is 53.0 Å². The SMILES string of the molecule is CNC(C)C(=O)Nc1ccc2c(n1)O[C@@](C)(CC(C)C)C(=O)N2c1cccc(Cl)c1.Cl. The summed E-state index contributed by atoms with van der Waals surface area (Å²) in [5.41, 5.74) is 0.0368. The van der Waals surface area contributed by atoms with E-state index in [1.54, 1.807) is 56.1 Å². The fourth-order valence-electron chi connectivity index (χ4n) is 3.50. The fourth-order valence-corrected chi connectivity index (χ4v) is 3.68. The van der Waals surface area contributed by atoms with Gasteiger partial charge in [0.2, 0.25) is 11.8 Å². The van der Waals surface area contributed by atoms with Crippen molar-refractivity contribution in [3.05, 3.63) is 41.4 Å². The van der Waals surface area contributed by atoms with Crippen molar-refractivity contribution in [2.24, 2.45) is 5.92 Å². The van der Waals surface area contributed by atoms with Gasteiger partial charge < -0.3 is 15.4 Å². The van der Waals surface area contributed by atoms with Crippen molar-refractivity contribution in [1.82, 2.24) is 10.3 Å². The lowest BCUT2D eigenvalue weighted by atomic mass is 9.91. The largest absolute Gasteiger partial charge is 0.460 e. The summed E-state index contributed by atoms with van der Waals surface area (Å²) < 4.78 is 6.13. The Balaban J connectivity index is 0.00000341. The predicted octanol–water partition coefficient (Wildman–Crippen LogP) is 4.57. The number of aromatic nitrogens is 1. The van der Waals surface area contributed by atoms with Gasteiger partial charge in [-0.15, -0.1) is 12.4 Å². The van der Waals surface area contributed by atoms with Crippen LogP contribution in [0.2, 0.25) is 5.02 Å². The monoisotopic (exact) mass is 466 g/mol. The Morgan fingerprint density at radius 2 is 1.97 bits per heavy atom. The molecule has 0 aliphatic carbocycles. The second kappa shape index (κ2) is 9.85. The third-order valence-corrected chi connectivity index (χ3v) is 5.24. The molecule has 168 valence electrons. The van der Waals surface area contributed by atoms with E-state index < -0.39 is 5.60 Å². The van der Waals surface area contributed by atoms with Crippen molar-refractivity contribution in [3.8, 4) is 5.88 Å². The number of nitrogens with one attached hydrogen (secondary N) is 2. The Bertz CT molecular complexity index is 970. The van der Waals surface area contributed by atoms with E-state index in [1.807, 2.05) is 19.9 Å². The number of carbonyl (C=O) groups is 2. The highest BCUT2D eigenvalue weighted by Gasteiger charge is 2.46. The molecule has 0 fully saturated rings. The normalized spacial score (nSPS) is 18.7. The van der Waals surface area contributed by atoms with Crippen LogP contribution in [0.25, 0.3) is 0 Å². The molecule has 1 aromatic carbocycles. The minimum absolute atomic E-state index is 0. The summed E-state index contributed by atoms with van der Waals surface area (Å²) in [6.45, 7) is 7.59. The highest BCUT2D eigenvalue weighted by molar-refractivity contribution is 6.31. The summed E-state index contributed by atoms with van der Waals surface area (Å²) in [6, 6.07) is 10.1. The molecule has 2 heterocycles. The van der Waals surface area contributed by atoms with Gasteiger partial charge in [0.05, 0.1) is 11.7 Å². The van der Waals surface area contributed by atoms with Crippen LogP contribution in [0.15, 0.2) is 36.4 Å². The molecule has 0 radical (unpaired) electrons. The van der Waals surface area contributed by atoms with Gasteiger partial charge in [-0.05, 0) is 63.6 Å². The van der Waals surface area contributed by atoms with Crippen LogP contribution in [0, 0.1) is 5.92 Å². The number of ether oxygens (including phenoxy) is 1.